The third-order valence-corrected chi connectivity index (χ3v) is 7.71. The molecule has 4 rings (SSSR count). The van der Waals surface area contributed by atoms with E-state index in [4.69, 9.17) is 11.6 Å². The number of carbonyl (C=O) groups is 2. The molecule has 5 nitrogen and oxygen atoms in total. The first-order valence-corrected chi connectivity index (χ1v) is 10.7. The van der Waals surface area contributed by atoms with Crippen LogP contribution in [0.15, 0.2) is 18.2 Å². The monoisotopic (exact) mass is 405 g/mol. The van der Waals surface area contributed by atoms with Crippen molar-refractivity contribution < 1.29 is 9.59 Å². The molecule has 1 spiro atoms. The maximum atomic E-state index is 13.0. The maximum Gasteiger partial charge on any atom is 0.286 e. The Morgan fingerprint density at radius 3 is 2.74 bits per heavy atom. The van der Waals surface area contributed by atoms with Gasteiger partial charge < -0.3 is 4.98 Å². The zero-order valence-electron chi connectivity index (χ0n) is 15.8. The van der Waals surface area contributed by atoms with Gasteiger partial charge in [-0.3, -0.25) is 15.0 Å². The molecule has 7 heteroatoms. The maximum absolute atomic E-state index is 13.0. The van der Waals surface area contributed by atoms with Gasteiger partial charge in [0.1, 0.15) is 10.6 Å². The van der Waals surface area contributed by atoms with E-state index >= 15 is 0 Å². The number of aromatic nitrogens is 1. The number of aryl methyl sites for hydroxylation is 1. The minimum Gasteiger partial charge on any atom is -0.350 e. The SMILES string of the molecule is Cc1c(C(=O)NN2C(=O)C(C)SC23CCC(C)CC3)[nH]c2ccc(Cl)cc12. The number of carbonyl (C=O) groups excluding carboxylic acids is 2. The second-order valence-corrected chi connectivity index (χ2v) is 9.96. The third kappa shape index (κ3) is 3.13. The van der Waals surface area contributed by atoms with Gasteiger partial charge in [0.25, 0.3) is 11.8 Å². The van der Waals surface area contributed by atoms with Crippen molar-refractivity contribution in [2.45, 2.75) is 56.6 Å². The number of amides is 2. The lowest BCUT2D eigenvalue weighted by Gasteiger charge is -2.41. The first kappa shape index (κ1) is 18.7. The smallest absolute Gasteiger partial charge is 0.286 e. The number of H-pyrrole nitrogens is 1. The molecule has 2 aromatic rings. The van der Waals surface area contributed by atoms with Gasteiger partial charge in [-0.2, -0.15) is 0 Å². The predicted molar refractivity (Wildman–Crippen MR) is 110 cm³/mol. The van der Waals surface area contributed by atoms with Gasteiger partial charge in [0, 0.05) is 15.9 Å². The van der Waals surface area contributed by atoms with E-state index < -0.39 is 0 Å². The molecule has 1 saturated heterocycles. The van der Waals surface area contributed by atoms with Crippen LogP contribution >= 0.6 is 23.4 Å². The largest absolute Gasteiger partial charge is 0.350 e. The fraction of sp³-hybridized carbons (Fsp3) is 0.500. The van der Waals surface area contributed by atoms with E-state index in [1.54, 1.807) is 22.8 Å². The van der Waals surface area contributed by atoms with Crippen molar-refractivity contribution in [3.8, 4) is 0 Å². The number of nitrogens with zero attached hydrogens (tertiary/aromatic N) is 1. The van der Waals surface area contributed by atoms with E-state index in [9.17, 15) is 9.59 Å². The van der Waals surface area contributed by atoms with E-state index in [-0.39, 0.29) is 21.9 Å². The zero-order valence-corrected chi connectivity index (χ0v) is 17.3. The van der Waals surface area contributed by atoms with Crippen molar-refractivity contribution in [3.63, 3.8) is 0 Å². The molecular formula is C20H24ClN3O2S. The molecule has 1 saturated carbocycles. The Balaban J connectivity index is 1.63. The Hall–Kier alpha value is -1.66. The van der Waals surface area contributed by atoms with E-state index in [1.165, 1.54) is 0 Å². The number of benzene rings is 1. The quantitative estimate of drug-likeness (QED) is 0.764. The van der Waals surface area contributed by atoms with Crippen LogP contribution in [0.25, 0.3) is 10.9 Å². The number of thioether (sulfide) groups is 1. The number of aromatic amines is 1. The minimum absolute atomic E-state index is 0.0142. The molecule has 1 aliphatic carbocycles. The highest BCUT2D eigenvalue weighted by atomic mass is 35.5. The molecule has 2 aliphatic rings. The number of fused-ring (bicyclic) bond motifs is 1. The molecule has 1 aliphatic heterocycles. The lowest BCUT2D eigenvalue weighted by molar-refractivity contribution is -0.135. The summed E-state index contributed by atoms with van der Waals surface area (Å²) in [4.78, 5) is 28.7. The van der Waals surface area contributed by atoms with Crippen molar-refractivity contribution in [2.24, 2.45) is 5.92 Å². The van der Waals surface area contributed by atoms with Crippen LogP contribution in [-0.4, -0.2) is 31.9 Å². The number of hydrogen-bond acceptors (Lipinski definition) is 3. The number of hydrogen-bond donors (Lipinski definition) is 2. The fourth-order valence-electron chi connectivity index (χ4n) is 4.21. The summed E-state index contributed by atoms with van der Waals surface area (Å²) in [6.07, 6.45) is 3.97. The van der Waals surface area contributed by atoms with E-state index in [0.717, 1.165) is 42.1 Å². The third-order valence-electron chi connectivity index (χ3n) is 5.89. The Morgan fingerprint density at radius 2 is 2.04 bits per heavy atom. The Bertz CT molecular complexity index is 917. The molecule has 0 radical (unpaired) electrons. The molecule has 1 aromatic carbocycles. The van der Waals surface area contributed by atoms with Gasteiger partial charge in [0.05, 0.1) is 5.25 Å². The van der Waals surface area contributed by atoms with Gasteiger partial charge in [0.15, 0.2) is 0 Å². The van der Waals surface area contributed by atoms with Crippen LogP contribution in [0.5, 0.6) is 0 Å². The summed E-state index contributed by atoms with van der Waals surface area (Å²) >= 11 is 7.78. The summed E-state index contributed by atoms with van der Waals surface area (Å²) in [5.41, 5.74) is 5.10. The molecule has 2 heterocycles. The zero-order chi connectivity index (χ0) is 19.3. The highest BCUT2D eigenvalue weighted by Gasteiger charge is 2.52. The normalized spacial score (nSPS) is 28.3. The number of hydrazine groups is 1. The van der Waals surface area contributed by atoms with E-state index in [2.05, 4.69) is 17.3 Å². The summed E-state index contributed by atoms with van der Waals surface area (Å²) < 4.78 is 0. The van der Waals surface area contributed by atoms with Crippen molar-refractivity contribution in [1.29, 1.82) is 0 Å². The molecule has 144 valence electrons. The van der Waals surface area contributed by atoms with E-state index in [1.807, 2.05) is 26.0 Å². The Morgan fingerprint density at radius 1 is 1.33 bits per heavy atom. The summed E-state index contributed by atoms with van der Waals surface area (Å²) in [5, 5.41) is 3.03. The van der Waals surface area contributed by atoms with E-state index in [0.29, 0.717) is 16.6 Å². The van der Waals surface area contributed by atoms with Crippen LogP contribution in [0.4, 0.5) is 0 Å². The number of rotatable bonds is 2. The number of halogens is 1. The standard InChI is InChI=1S/C20H24ClN3O2S/c1-11-6-8-20(9-7-11)24(19(26)13(3)27-20)23-18(25)17-12(2)15-10-14(21)4-5-16(15)22-17/h4-5,10-11,13,22H,6-9H2,1-3H3,(H,23,25). The molecular weight excluding hydrogens is 382 g/mol. The average molecular weight is 406 g/mol. The predicted octanol–water partition coefficient (Wildman–Crippen LogP) is 4.64. The lowest BCUT2D eigenvalue weighted by Crippen LogP contribution is -2.56. The van der Waals surface area contributed by atoms with Crippen molar-refractivity contribution in [1.82, 2.24) is 15.4 Å². The molecule has 2 N–H and O–H groups in total. The first-order valence-electron chi connectivity index (χ1n) is 9.41. The average Bonchev–Trinajstić information content (AvgIpc) is 3.08. The summed E-state index contributed by atoms with van der Waals surface area (Å²) in [6, 6.07) is 5.51. The van der Waals surface area contributed by atoms with Crippen LogP contribution < -0.4 is 5.43 Å². The van der Waals surface area contributed by atoms with Gasteiger partial charge in [-0.05, 0) is 69.2 Å². The topological polar surface area (TPSA) is 65.2 Å². The van der Waals surface area contributed by atoms with Crippen molar-refractivity contribution in [3.05, 3.63) is 34.5 Å². The van der Waals surface area contributed by atoms with Gasteiger partial charge in [-0.1, -0.05) is 18.5 Å². The summed E-state index contributed by atoms with van der Waals surface area (Å²) in [6.45, 7) is 6.07. The van der Waals surface area contributed by atoms with Crippen molar-refractivity contribution >= 4 is 46.1 Å². The van der Waals surface area contributed by atoms with Gasteiger partial charge >= 0.3 is 0 Å². The second-order valence-electron chi connectivity index (χ2n) is 7.82. The molecule has 2 amide bonds. The van der Waals surface area contributed by atoms with Crippen molar-refractivity contribution in [2.75, 3.05) is 0 Å². The molecule has 1 aromatic heterocycles. The van der Waals surface area contributed by atoms with Crippen LogP contribution in [0.1, 0.15) is 55.6 Å². The van der Waals surface area contributed by atoms with Crippen LogP contribution in [0.3, 0.4) is 0 Å². The van der Waals surface area contributed by atoms with Gasteiger partial charge in [-0.25, -0.2) is 5.01 Å². The molecule has 1 unspecified atom stereocenters. The fourth-order valence-corrected chi connectivity index (χ4v) is 5.96. The summed E-state index contributed by atoms with van der Waals surface area (Å²) in [7, 11) is 0. The summed E-state index contributed by atoms with van der Waals surface area (Å²) in [5.74, 6) is 0.376. The van der Waals surface area contributed by atoms with Gasteiger partial charge in [0.2, 0.25) is 0 Å². The lowest BCUT2D eigenvalue weighted by atomic mass is 9.86. The molecule has 0 bridgehead atoms. The molecule has 1 atom stereocenters. The second kappa shape index (κ2) is 6.74. The van der Waals surface area contributed by atoms with Crippen LogP contribution in [0.2, 0.25) is 5.02 Å². The Labute approximate surface area is 168 Å². The van der Waals surface area contributed by atoms with Gasteiger partial charge in [-0.15, -0.1) is 11.8 Å². The highest BCUT2D eigenvalue weighted by Crippen LogP contribution is 2.50. The number of nitrogens with one attached hydrogen (secondary N) is 2. The molecule has 27 heavy (non-hydrogen) atoms. The highest BCUT2D eigenvalue weighted by molar-refractivity contribution is 8.02. The minimum atomic E-state index is -0.318. The Kier molecular flexibility index (Phi) is 4.67. The van der Waals surface area contributed by atoms with Crippen LogP contribution in [-0.2, 0) is 4.79 Å². The molecule has 2 fully saturated rings. The van der Waals surface area contributed by atoms with Crippen LogP contribution in [0, 0.1) is 12.8 Å². The first-order chi connectivity index (χ1) is 12.8.